The van der Waals surface area contributed by atoms with Crippen molar-refractivity contribution in [3.05, 3.63) is 76.5 Å². The maximum Gasteiger partial charge on any atom is 0.416 e. The van der Waals surface area contributed by atoms with Crippen molar-refractivity contribution >= 4 is 23.6 Å². The number of nitrogens with zero attached hydrogens (tertiary/aromatic N) is 2. The van der Waals surface area contributed by atoms with Gasteiger partial charge < -0.3 is 15.6 Å². The molecule has 0 aliphatic carbocycles. The molecule has 0 radical (unpaired) electrons. The molecule has 0 aliphatic heterocycles. The van der Waals surface area contributed by atoms with Crippen LogP contribution in [-0.4, -0.2) is 30.7 Å². The van der Waals surface area contributed by atoms with Gasteiger partial charge in [0.05, 0.1) is 22.9 Å². The fourth-order valence-corrected chi connectivity index (χ4v) is 4.18. The molecule has 2 N–H and O–H groups in total. The Bertz CT molecular complexity index is 1350. The maximum atomic E-state index is 14.2. The molecule has 1 amide bonds. The Hall–Kier alpha value is -3.82. The predicted molar refractivity (Wildman–Crippen MR) is 134 cm³/mol. The number of amides is 1. The van der Waals surface area contributed by atoms with Crippen molar-refractivity contribution in [2.45, 2.75) is 39.3 Å². The minimum Gasteiger partial charge on any atom is -0.370 e. The molecule has 2 aromatic carbocycles. The van der Waals surface area contributed by atoms with E-state index in [2.05, 4.69) is 10.3 Å². The number of likely N-dealkylation sites (N-methyl/N-ethyl adjacent to an activating group) is 1. The molecule has 3 aromatic rings. The second-order valence-electron chi connectivity index (χ2n) is 9.13. The van der Waals surface area contributed by atoms with Crippen molar-refractivity contribution in [2.75, 3.05) is 23.8 Å². The van der Waals surface area contributed by atoms with E-state index in [4.69, 9.17) is 5.41 Å². The number of benzene rings is 2. The van der Waals surface area contributed by atoms with Crippen LogP contribution in [0.2, 0.25) is 0 Å². The molecule has 0 saturated carbocycles. The Balaban J connectivity index is 2.21. The lowest BCUT2D eigenvalue weighted by Crippen LogP contribution is -2.42. The molecule has 0 spiro atoms. The SMILES string of the molecule is CCNc1ncc(N(C)C(=O)C(C)(C)c2cc(F)cc(C(F)(F)F)c2)c(-c2ccc(F)cc2C)c1C=N. The summed E-state index contributed by atoms with van der Waals surface area (Å²) in [4.78, 5) is 19.3. The topological polar surface area (TPSA) is 69.1 Å². The molecule has 10 heteroatoms. The Kier molecular flexibility index (Phi) is 7.71. The fraction of sp³-hybridized carbons (Fsp3) is 0.296. The second kappa shape index (κ2) is 10.3. The summed E-state index contributed by atoms with van der Waals surface area (Å²) in [6.45, 7) is 6.83. The standard InChI is InChI=1S/C27H27F5N4O/c1-6-34-24-21(13-33)23(20-8-7-18(28)9-15(20)2)22(14-35-24)36(5)25(37)26(3,4)16-10-17(27(30,31)32)12-19(29)11-16/h7-14,33H,6H2,1-5H3,(H,34,35). The molecular formula is C27H27F5N4O. The molecule has 0 fully saturated rings. The molecule has 37 heavy (non-hydrogen) atoms. The van der Waals surface area contributed by atoms with E-state index in [1.165, 1.54) is 50.2 Å². The van der Waals surface area contributed by atoms with Crippen LogP contribution < -0.4 is 10.2 Å². The lowest BCUT2D eigenvalue weighted by Gasteiger charge is -2.32. The Morgan fingerprint density at radius 1 is 1.08 bits per heavy atom. The average Bonchev–Trinajstić information content (AvgIpc) is 2.82. The van der Waals surface area contributed by atoms with Gasteiger partial charge in [0, 0.05) is 30.9 Å². The van der Waals surface area contributed by atoms with Gasteiger partial charge in [0.15, 0.2) is 0 Å². The first-order valence-corrected chi connectivity index (χ1v) is 11.4. The summed E-state index contributed by atoms with van der Waals surface area (Å²) in [7, 11) is 1.42. The van der Waals surface area contributed by atoms with E-state index in [1.54, 1.807) is 6.92 Å². The molecule has 0 aliphatic rings. The highest BCUT2D eigenvalue weighted by atomic mass is 19.4. The van der Waals surface area contributed by atoms with Crippen LogP contribution in [0, 0.1) is 24.0 Å². The van der Waals surface area contributed by atoms with Gasteiger partial charge >= 0.3 is 6.18 Å². The molecule has 0 unspecified atom stereocenters. The average molecular weight is 519 g/mol. The van der Waals surface area contributed by atoms with Crippen LogP contribution >= 0.6 is 0 Å². The molecule has 1 aromatic heterocycles. The molecule has 1 heterocycles. The van der Waals surface area contributed by atoms with E-state index in [-0.39, 0.29) is 11.3 Å². The number of pyridine rings is 1. The van der Waals surface area contributed by atoms with Gasteiger partial charge in [0.2, 0.25) is 5.91 Å². The van der Waals surface area contributed by atoms with Crippen LogP contribution in [-0.2, 0) is 16.4 Å². The van der Waals surface area contributed by atoms with Crippen LogP contribution in [0.3, 0.4) is 0 Å². The first-order valence-electron chi connectivity index (χ1n) is 11.4. The Morgan fingerprint density at radius 3 is 2.30 bits per heavy atom. The number of rotatable bonds is 7. The summed E-state index contributed by atoms with van der Waals surface area (Å²) in [5.41, 5.74) is -0.830. The fourth-order valence-electron chi connectivity index (χ4n) is 4.18. The maximum absolute atomic E-state index is 14.2. The number of alkyl halides is 3. The molecule has 0 bridgehead atoms. The van der Waals surface area contributed by atoms with Gasteiger partial charge in [-0.1, -0.05) is 6.07 Å². The lowest BCUT2D eigenvalue weighted by atomic mass is 9.82. The monoisotopic (exact) mass is 518 g/mol. The summed E-state index contributed by atoms with van der Waals surface area (Å²) in [5.74, 6) is -1.84. The molecule has 0 atom stereocenters. The number of aromatic nitrogens is 1. The van der Waals surface area contributed by atoms with E-state index in [0.717, 1.165) is 18.3 Å². The van der Waals surface area contributed by atoms with Crippen molar-refractivity contribution in [3.8, 4) is 11.1 Å². The number of halogens is 5. The number of aryl methyl sites for hydroxylation is 1. The van der Waals surface area contributed by atoms with Crippen LogP contribution in [0.5, 0.6) is 0 Å². The van der Waals surface area contributed by atoms with Crippen molar-refractivity contribution in [1.82, 2.24) is 4.98 Å². The van der Waals surface area contributed by atoms with Crippen LogP contribution in [0.4, 0.5) is 33.5 Å². The number of nitrogens with one attached hydrogen (secondary N) is 2. The van der Waals surface area contributed by atoms with Gasteiger partial charge in [-0.2, -0.15) is 13.2 Å². The number of anilines is 2. The van der Waals surface area contributed by atoms with E-state index < -0.39 is 34.7 Å². The molecule has 5 nitrogen and oxygen atoms in total. The summed E-state index contributed by atoms with van der Waals surface area (Å²) >= 11 is 0. The normalized spacial score (nSPS) is 11.8. The van der Waals surface area contributed by atoms with Gasteiger partial charge in [-0.3, -0.25) is 4.79 Å². The number of hydrogen-bond acceptors (Lipinski definition) is 4. The van der Waals surface area contributed by atoms with Gasteiger partial charge in [0.25, 0.3) is 0 Å². The highest BCUT2D eigenvalue weighted by Crippen LogP contribution is 2.40. The first kappa shape index (κ1) is 27.8. The summed E-state index contributed by atoms with van der Waals surface area (Å²) in [6.07, 6.45) is -2.32. The second-order valence-corrected chi connectivity index (χ2v) is 9.13. The van der Waals surface area contributed by atoms with E-state index in [1.807, 2.05) is 6.92 Å². The minimum absolute atomic E-state index is 0.152. The van der Waals surface area contributed by atoms with E-state index >= 15 is 0 Å². The first-order chi connectivity index (χ1) is 17.2. The van der Waals surface area contributed by atoms with Crippen LogP contribution in [0.15, 0.2) is 42.6 Å². The molecule has 196 valence electrons. The van der Waals surface area contributed by atoms with Crippen molar-refractivity contribution < 1.29 is 26.7 Å². The summed E-state index contributed by atoms with van der Waals surface area (Å²) in [5, 5.41) is 11.1. The number of hydrogen-bond donors (Lipinski definition) is 2. The van der Waals surface area contributed by atoms with Crippen molar-refractivity contribution in [2.24, 2.45) is 0 Å². The predicted octanol–water partition coefficient (Wildman–Crippen LogP) is 6.72. The van der Waals surface area contributed by atoms with Gasteiger partial charge in [0.1, 0.15) is 17.5 Å². The van der Waals surface area contributed by atoms with Gasteiger partial charge in [-0.25, -0.2) is 13.8 Å². The van der Waals surface area contributed by atoms with Crippen molar-refractivity contribution in [1.29, 1.82) is 5.41 Å². The lowest BCUT2D eigenvalue weighted by molar-refractivity contribution is -0.138. The summed E-state index contributed by atoms with van der Waals surface area (Å²) in [6, 6.07) is 6.14. The van der Waals surface area contributed by atoms with Gasteiger partial charge in [-0.05, 0) is 74.7 Å². The zero-order chi connectivity index (χ0) is 27.7. The third-order valence-corrected chi connectivity index (χ3v) is 6.19. The zero-order valence-electron chi connectivity index (χ0n) is 21.0. The number of carbonyl (C=O) groups is 1. The molecule has 3 rings (SSSR count). The largest absolute Gasteiger partial charge is 0.416 e. The Labute approximate surface area is 211 Å². The van der Waals surface area contributed by atoms with Crippen LogP contribution in [0.1, 0.15) is 43.0 Å². The highest BCUT2D eigenvalue weighted by molar-refractivity contribution is 6.07. The molecular weight excluding hydrogens is 491 g/mol. The smallest absolute Gasteiger partial charge is 0.370 e. The minimum atomic E-state index is -4.79. The quantitative estimate of drug-likeness (QED) is 0.269. The molecule has 0 saturated heterocycles. The third-order valence-electron chi connectivity index (χ3n) is 6.19. The Morgan fingerprint density at radius 2 is 1.73 bits per heavy atom. The van der Waals surface area contributed by atoms with Crippen LogP contribution in [0.25, 0.3) is 11.1 Å². The summed E-state index contributed by atoms with van der Waals surface area (Å²) < 4.78 is 68.0. The van der Waals surface area contributed by atoms with Crippen molar-refractivity contribution in [3.63, 3.8) is 0 Å². The van der Waals surface area contributed by atoms with E-state index in [9.17, 15) is 26.7 Å². The highest BCUT2D eigenvalue weighted by Gasteiger charge is 2.38. The van der Waals surface area contributed by atoms with E-state index in [0.29, 0.717) is 40.7 Å². The third kappa shape index (κ3) is 5.47. The number of carbonyl (C=O) groups excluding carboxylic acids is 1. The zero-order valence-corrected chi connectivity index (χ0v) is 21.0. The van der Waals surface area contributed by atoms with Gasteiger partial charge in [-0.15, -0.1) is 0 Å².